The predicted octanol–water partition coefficient (Wildman–Crippen LogP) is 1.42. The summed E-state index contributed by atoms with van der Waals surface area (Å²) in [5.74, 6) is 1.89. The second-order valence-corrected chi connectivity index (χ2v) is 3.68. The van der Waals surface area contributed by atoms with E-state index in [-0.39, 0.29) is 0 Å². The first kappa shape index (κ1) is 7.10. The van der Waals surface area contributed by atoms with Crippen LogP contribution in [0, 0.1) is 0 Å². The van der Waals surface area contributed by atoms with Gasteiger partial charge in [-0.25, -0.2) is 0 Å². The largest absolute Gasteiger partial charge is 0.294 e. The third kappa shape index (κ3) is 1.25. The summed E-state index contributed by atoms with van der Waals surface area (Å²) in [6.07, 6.45) is 3.77. The van der Waals surface area contributed by atoms with E-state index in [0.717, 1.165) is 29.9 Å². The van der Waals surface area contributed by atoms with Crippen LogP contribution in [0.25, 0.3) is 0 Å². The van der Waals surface area contributed by atoms with Crippen molar-refractivity contribution in [1.29, 1.82) is 0 Å². The fraction of sp³-hybridized carbons (Fsp3) is 0.500. The lowest BCUT2D eigenvalue weighted by Gasteiger charge is -2.17. The van der Waals surface area contributed by atoms with Crippen LogP contribution in [-0.4, -0.2) is 23.5 Å². The smallest absolute Gasteiger partial charge is 0.170 e. The van der Waals surface area contributed by atoms with E-state index in [2.05, 4.69) is 4.99 Å². The van der Waals surface area contributed by atoms with Gasteiger partial charge in [-0.15, -0.1) is 11.8 Å². The minimum Gasteiger partial charge on any atom is -0.294 e. The molecule has 58 valence electrons. The number of Topliss-reactive ketones (excluding diaryl/α,β-unsaturated/α-hetero) is 1. The number of nitrogens with zero attached hydrogens (tertiary/aromatic N) is 1. The standard InChI is InChI=1S/C8H9NOS/c10-8-5-11-4-7-6(8)2-1-3-9-7/h3H,1-2,4-5H2. The maximum atomic E-state index is 11.3. The van der Waals surface area contributed by atoms with E-state index in [1.165, 1.54) is 0 Å². The number of hydrogen-bond donors (Lipinski definition) is 0. The zero-order chi connectivity index (χ0) is 7.68. The second-order valence-electron chi connectivity index (χ2n) is 2.69. The van der Waals surface area contributed by atoms with Crippen LogP contribution in [-0.2, 0) is 4.79 Å². The van der Waals surface area contributed by atoms with Gasteiger partial charge in [0.25, 0.3) is 0 Å². The fourth-order valence-electron chi connectivity index (χ4n) is 1.36. The summed E-state index contributed by atoms with van der Waals surface area (Å²) in [4.78, 5) is 15.5. The lowest BCUT2D eigenvalue weighted by Crippen LogP contribution is -2.17. The molecule has 2 heterocycles. The Morgan fingerprint density at radius 2 is 2.36 bits per heavy atom. The normalized spacial score (nSPS) is 23.8. The third-order valence-electron chi connectivity index (χ3n) is 1.93. The highest BCUT2D eigenvalue weighted by molar-refractivity contribution is 8.00. The molecule has 0 radical (unpaired) electrons. The Kier molecular flexibility index (Phi) is 1.82. The minimum atomic E-state index is 0.299. The van der Waals surface area contributed by atoms with Crippen LogP contribution < -0.4 is 0 Å². The summed E-state index contributed by atoms with van der Waals surface area (Å²) < 4.78 is 0. The minimum absolute atomic E-state index is 0.299. The molecular weight excluding hydrogens is 158 g/mol. The lowest BCUT2D eigenvalue weighted by molar-refractivity contribution is -0.113. The Bertz CT molecular complexity index is 255. The van der Waals surface area contributed by atoms with Crippen molar-refractivity contribution in [2.24, 2.45) is 4.99 Å². The number of hydrogen-bond acceptors (Lipinski definition) is 3. The molecule has 0 amide bonds. The highest BCUT2D eigenvalue weighted by Crippen LogP contribution is 2.26. The molecule has 0 aromatic heterocycles. The monoisotopic (exact) mass is 167 g/mol. The van der Waals surface area contributed by atoms with Gasteiger partial charge < -0.3 is 0 Å². The zero-order valence-corrected chi connectivity index (χ0v) is 6.99. The molecule has 2 aliphatic heterocycles. The van der Waals surface area contributed by atoms with Crippen LogP contribution in [0.1, 0.15) is 12.8 Å². The van der Waals surface area contributed by atoms with Crippen LogP contribution >= 0.6 is 11.8 Å². The van der Waals surface area contributed by atoms with Gasteiger partial charge in [-0.3, -0.25) is 9.79 Å². The molecule has 0 saturated heterocycles. The molecule has 0 N–H and O–H groups in total. The van der Waals surface area contributed by atoms with Crippen molar-refractivity contribution in [1.82, 2.24) is 0 Å². The van der Waals surface area contributed by atoms with Crippen LogP contribution in [0.2, 0.25) is 0 Å². The average molecular weight is 167 g/mol. The summed E-state index contributed by atoms with van der Waals surface area (Å²) in [6, 6.07) is 0. The number of thioether (sulfide) groups is 1. The van der Waals surface area contributed by atoms with E-state index in [4.69, 9.17) is 0 Å². The van der Waals surface area contributed by atoms with Crippen molar-refractivity contribution in [3.63, 3.8) is 0 Å². The molecule has 0 unspecified atom stereocenters. The van der Waals surface area contributed by atoms with Crippen LogP contribution in [0.5, 0.6) is 0 Å². The number of allylic oxidation sites excluding steroid dienone is 1. The molecule has 0 spiro atoms. The van der Waals surface area contributed by atoms with Gasteiger partial charge in [0.05, 0.1) is 11.4 Å². The quantitative estimate of drug-likeness (QED) is 0.546. The molecule has 0 fully saturated rings. The summed E-state index contributed by atoms with van der Waals surface area (Å²) in [5.41, 5.74) is 2.02. The molecular formula is C8H9NOS. The first-order valence-corrected chi connectivity index (χ1v) is 4.89. The summed E-state index contributed by atoms with van der Waals surface area (Å²) in [5, 5.41) is 0. The molecule has 0 aromatic carbocycles. The van der Waals surface area contributed by atoms with Crippen molar-refractivity contribution < 1.29 is 4.79 Å². The molecule has 3 heteroatoms. The van der Waals surface area contributed by atoms with Crippen molar-refractivity contribution in [2.75, 3.05) is 11.5 Å². The molecule has 0 aromatic rings. The fourth-order valence-corrected chi connectivity index (χ4v) is 2.26. The number of carbonyl (C=O) groups is 1. The molecule has 0 saturated carbocycles. The van der Waals surface area contributed by atoms with Gasteiger partial charge in [0.2, 0.25) is 0 Å². The zero-order valence-electron chi connectivity index (χ0n) is 6.17. The van der Waals surface area contributed by atoms with Gasteiger partial charge in [0.15, 0.2) is 5.78 Å². The van der Waals surface area contributed by atoms with Gasteiger partial charge in [-0.1, -0.05) is 0 Å². The molecule has 11 heavy (non-hydrogen) atoms. The Morgan fingerprint density at radius 1 is 1.45 bits per heavy atom. The van der Waals surface area contributed by atoms with Crippen LogP contribution in [0.4, 0.5) is 0 Å². The van der Waals surface area contributed by atoms with Crippen molar-refractivity contribution in [3.05, 3.63) is 11.3 Å². The molecule has 0 aliphatic carbocycles. The van der Waals surface area contributed by atoms with E-state index >= 15 is 0 Å². The SMILES string of the molecule is O=C1CSCC2=C1CCC=N2. The van der Waals surface area contributed by atoms with Gasteiger partial charge >= 0.3 is 0 Å². The van der Waals surface area contributed by atoms with Gasteiger partial charge in [0.1, 0.15) is 0 Å². The third-order valence-corrected chi connectivity index (χ3v) is 2.87. The molecule has 0 atom stereocenters. The van der Waals surface area contributed by atoms with Gasteiger partial charge in [-0.2, -0.15) is 0 Å². The second kappa shape index (κ2) is 2.81. The van der Waals surface area contributed by atoms with Crippen molar-refractivity contribution in [2.45, 2.75) is 12.8 Å². The molecule has 0 bridgehead atoms. The molecule has 2 nitrogen and oxygen atoms in total. The predicted molar refractivity (Wildman–Crippen MR) is 47.1 cm³/mol. The first-order valence-electron chi connectivity index (χ1n) is 3.73. The van der Waals surface area contributed by atoms with Gasteiger partial charge in [0, 0.05) is 17.5 Å². The highest BCUT2D eigenvalue weighted by Gasteiger charge is 2.21. The summed E-state index contributed by atoms with van der Waals surface area (Å²) >= 11 is 1.67. The van der Waals surface area contributed by atoms with Crippen molar-refractivity contribution >= 4 is 23.8 Å². The molecule has 2 rings (SSSR count). The van der Waals surface area contributed by atoms with E-state index in [0.29, 0.717) is 11.5 Å². The maximum Gasteiger partial charge on any atom is 0.170 e. The average Bonchev–Trinajstić information content (AvgIpc) is 2.06. The first-order chi connectivity index (χ1) is 5.38. The number of aliphatic imine (C=N–C) groups is 1. The summed E-state index contributed by atoms with van der Waals surface area (Å²) in [6.45, 7) is 0. The van der Waals surface area contributed by atoms with E-state index < -0.39 is 0 Å². The Balaban J connectivity index is 2.35. The van der Waals surface area contributed by atoms with E-state index in [1.807, 2.05) is 6.21 Å². The topological polar surface area (TPSA) is 29.4 Å². The van der Waals surface area contributed by atoms with Crippen LogP contribution in [0.15, 0.2) is 16.3 Å². The molecule has 2 aliphatic rings. The van der Waals surface area contributed by atoms with Crippen LogP contribution in [0.3, 0.4) is 0 Å². The van der Waals surface area contributed by atoms with Crippen molar-refractivity contribution in [3.8, 4) is 0 Å². The summed E-state index contributed by atoms with van der Waals surface area (Å²) in [7, 11) is 0. The van der Waals surface area contributed by atoms with E-state index in [9.17, 15) is 4.79 Å². The number of rotatable bonds is 0. The van der Waals surface area contributed by atoms with Gasteiger partial charge in [-0.05, 0) is 12.8 Å². The number of ketones is 1. The Morgan fingerprint density at radius 3 is 3.18 bits per heavy atom. The highest BCUT2D eigenvalue weighted by atomic mass is 32.2. The lowest BCUT2D eigenvalue weighted by atomic mass is 10.0. The Labute approximate surface area is 69.8 Å². The maximum absolute atomic E-state index is 11.3. The Hall–Kier alpha value is -0.570. The van der Waals surface area contributed by atoms with E-state index in [1.54, 1.807) is 11.8 Å². The number of carbonyl (C=O) groups excluding carboxylic acids is 1.